The normalized spacial score (nSPS) is 14.7. The van der Waals surface area contributed by atoms with Crippen LogP contribution in [-0.2, 0) is 21.4 Å². The van der Waals surface area contributed by atoms with E-state index in [-0.39, 0.29) is 18.8 Å². The number of hydrogen-bond acceptors (Lipinski definition) is 8. The molecule has 0 spiro atoms. The van der Waals surface area contributed by atoms with Crippen molar-refractivity contribution < 1.29 is 18.7 Å². The van der Waals surface area contributed by atoms with Gasteiger partial charge in [-0.05, 0) is 57.9 Å². The molecule has 1 aliphatic carbocycles. The maximum absolute atomic E-state index is 14.7. The lowest BCUT2D eigenvalue weighted by Gasteiger charge is -2.44. The molecular formula is C24H27FN6O3S. The number of carbonyl (C=O) groups is 2. The fraction of sp³-hybridized carbons (Fsp3) is 0.417. The topological polar surface area (TPSA) is 124 Å². The Kier molecular flexibility index (Phi) is 6.79. The number of hydrogen-bond donors (Lipinski definition) is 1. The first-order valence-corrected chi connectivity index (χ1v) is 12.1. The number of nitrogens with zero attached hydrogens (tertiary/aromatic N) is 5. The molecule has 9 nitrogen and oxygen atoms in total. The van der Waals surface area contributed by atoms with Crippen LogP contribution >= 0.6 is 11.3 Å². The molecule has 35 heavy (non-hydrogen) atoms. The van der Waals surface area contributed by atoms with Gasteiger partial charge in [-0.3, -0.25) is 14.7 Å². The van der Waals surface area contributed by atoms with E-state index >= 15 is 0 Å². The molecule has 2 amide bonds. The summed E-state index contributed by atoms with van der Waals surface area (Å²) in [5, 5.41) is 9.10. The Morgan fingerprint density at radius 2 is 1.97 bits per heavy atom. The van der Waals surface area contributed by atoms with Gasteiger partial charge in [0.1, 0.15) is 22.1 Å². The molecular weight excluding hydrogens is 471 g/mol. The second-order valence-corrected chi connectivity index (χ2v) is 10.7. The summed E-state index contributed by atoms with van der Waals surface area (Å²) in [5.74, 6) is -0.559. The third kappa shape index (κ3) is 5.61. The average Bonchev–Trinajstić information content (AvgIpc) is 3.21. The van der Waals surface area contributed by atoms with Gasteiger partial charge in [-0.25, -0.2) is 14.2 Å². The molecule has 3 aromatic rings. The number of anilines is 1. The van der Waals surface area contributed by atoms with E-state index in [0.29, 0.717) is 29.2 Å². The van der Waals surface area contributed by atoms with Gasteiger partial charge >= 0.3 is 6.09 Å². The van der Waals surface area contributed by atoms with E-state index in [0.717, 1.165) is 11.3 Å². The minimum Gasteiger partial charge on any atom is -0.443 e. The molecule has 0 atom stereocenters. The van der Waals surface area contributed by atoms with Crippen molar-refractivity contribution in [2.45, 2.75) is 57.5 Å². The Bertz CT molecular complexity index is 1220. The number of thiazole rings is 1. The Balaban J connectivity index is 1.64. The van der Waals surface area contributed by atoms with E-state index in [1.807, 2.05) is 0 Å². The van der Waals surface area contributed by atoms with Crippen LogP contribution in [-0.4, -0.2) is 44.3 Å². The molecule has 0 radical (unpaired) electrons. The molecule has 184 valence electrons. The Morgan fingerprint density at radius 3 is 2.54 bits per heavy atom. The van der Waals surface area contributed by atoms with Crippen molar-refractivity contribution in [3.8, 4) is 10.7 Å². The SMILES string of the molecule is CC(C)(C)OC(=O)N(CC1(c2ncccc2F)CCC1)c1ccc(-c2ncc(CC(N)=O)s2)nn1. The summed E-state index contributed by atoms with van der Waals surface area (Å²) in [6, 6.07) is 6.29. The monoisotopic (exact) mass is 498 g/mol. The lowest BCUT2D eigenvalue weighted by Crippen LogP contribution is -2.50. The molecule has 1 fully saturated rings. The molecule has 0 saturated heterocycles. The first kappa shape index (κ1) is 24.6. The minimum atomic E-state index is -0.733. The highest BCUT2D eigenvalue weighted by Crippen LogP contribution is 2.45. The molecule has 1 aliphatic rings. The summed E-state index contributed by atoms with van der Waals surface area (Å²) in [4.78, 5) is 35.1. The lowest BCUT2D eigenvalue weighted by molar-refractivity contribution is -0.117. The second-order valence-electron chi connectivity index (χ2n) is 9.59. The van der Waals surface area contributed by atoms with E-state index in [4.69, 9.17) is 10.5 Å². The van der Waals surface area contributed by atoms with Gasteiger partial charge in [-0.15, -0.1) is 21.5 Å². The Labute approximate surface area is 206 Å². The highest BCUT2D eigenvalue weighted by atomic mass is 32.1. The number of primary amides is 1. The van der Waals surface area contributed by atoms with Crippen LogP contribution in [0.4, 0.5) is 15.0 Å². The van der Waals surface area contributed by atoms with Crippen LogP contribution in [0.2, 0.25) is 0 Å². The first-order valence-electron chi connectivity index (χ1n) is 11.2. The third-order valence-electron chi connectivity index (χ3n) is 5.69. The van der Waals surface area contributed by atoms with Crippen LogP contribution in [0.3, 0.4) is 0 Å². The highest BCUT2D eigenvalue weighted by molar-refractivity contribution is 7.15. The van der Waals surface area contributed by atoms with Crippen molar-refractivity contribution in [2.75, 3.05) is 11.4 Å². The summed E-state index contributed by atoms with van der Waals surface area (Å²) in [6.07, 6.45) is 4.92. The quantitative estimate of drug-likeness (QED) is 0.521. The molecule has 1 saturated carbocycles. The zero-order chi connectivity index (χ0) is 25.2. The number of carbonyl (C=O) groups excluding carboxylic acids is 2. The largest absolute Gasteiger partial charge is 0.443 e. The molecule has 0 aliphatic heterocycles. The van der Waals surface area contributed by atoms with Crippen molar-refractivity contribution in [3.63, 3.8) is 0 Å². The number of aromatic nitrogens is 4. The van der Waals surface area contributed by atoms with Crippen LogP contribution < -0.4 is 10.6 Å². The number of halogens is 1. The van der Waals surface area contributed by atoms with Crippen molar-refractivity contribution in [3.05, 3.63) is 53.0 Å². The first-order chi connectivity index (χ1) is 16.6. The molecule has 0 aromatic carbocycles. The number of amides is 2. The van der Waals surface area contributed by atoms with Crippen LogP contribution in [0, 0.1) is 5.82 Å². The lowest BCUT2D eigenvalue weighted by atomic mass is 9.66. The van der Waals surface area contributed by atoms with Crippen molar-refractivity contribution in [1.29, 1.82) is 0 Å². The molecule has 2 N–H and O–H groups in total. The predicted octanol–water partition coefficient (Wildman–Crippen LogP) is 4.03. The van der Waals surface area contributed by atoms with Crippen LogP contribution in [0.1, 0.15) is 50.6 Å². The smallest absolute Gasteiger partial charge is 0.416 e. The number of ether oxygens (including phenoxy) is 1. The summed E-state index contributed by atoms with van der Waals surface area (Å²) >= 11 is 1.29. The van der Waals surface area contributed by atoms with E-state index in [1.54, 1.807) is 51.4 Å². The van der Waals surface area contributed by atoms with Gasteiger partial charge in [0.25, 0.3) is 0 Å². The van der Waals surface area contributed by atoms with Crippen molar-refractivity contribution >= 4 is 29.2 Å². The third-order valence-corrected chi connectivity index (χ3v) is 6.71. The molecule has 3 aromatic heterocycles. The number of pyridine rings is 1. The summed E-state index contributed by atoms with van der Waals surface area (Å²) in [7, 11) is 0. The molecule has 3 heterocycles. The summed E-state index contributed by atoms with van der Waals surface area (Å²) in [5.41, 5.74) is 4.72. The number of rotatable bonds is 7. The van der Waals surface area contributed by atoms with Gasteiger partial charge in [0.05, 0.1) is 12.1 Å². The average molecular weight is 499 g/mol. The van der Waals surface area contributed by atoms with Crippen LogP contribution in [0.25, 0.3) is 10.7 Å². The highest BCUT2D eigenvalue weighted by Gasteiger charge is 2.45. The van der Waals surface area contributed by atoms with Crippen molar-refractivity contribution in [2.24, 2.45) is 5.73 Å². The van der Waals surface area contributed by atoms with Gasteiger partial charge in [0, 0.05) is 29.2 Å². The molecule has 4 rings (SSSR count). The Morgan fingerprint density at radius 1 is 1.20 bits per heavy atom. The van der Waals surface area contributed by atoms with Gasteiger partial charge in [0.2, 0.25) is 5.91 Å². The minimum absolute atomic E-state index is 0.0990. The van der Waals surface area contributed by atoms with Crippen LogP contribution in [0.5, 0.6) is 0 Å². The predicted molar refractivity (Wildman–Crippen MR) is 129 cm³/mol. The molecule has 0 bridgehead atoms. The fourth-order valence-corrected chi connectivity index (χ4v) is 4.86. The van der Waals surface area contributed by atoms with Gasteiger partial charge in [-0.1, -0.05) is 6.42 Å². The number of nitrogens with two attached hydrogens (primary N) is 1. The molecule has 0 unspecified atom stereocenters. The fourth-order valence-electron chi connectivity index (χ4n) is 3.97. The van der Waals surface area contributed by atoms with E-state index in [1.165, 1.54) is 22.3 Å². The van der Waals surface area contributed by atoms with E-state index < -0.39 is 28.8 Å². The summed E-state index contributed by atoms with van der Waals surface area (Å²) < 4.78 is 20.3. The standard InChI is InChI=1S/C24H27FN6O3S/c1-23(2,3)34-22(33)31(14-24(9-5-10-24)20-16(25)6-4-11-27-20)19-8-7-17(29-30-19)21-28-13-15(35-21)12-18(26)32/h4,6-8,11,13H,5,9-10,12,14H2,1-3H3,(H2,26,32). The summed E-state index contributed by atoms with van der Waals surface area (Å²) in [6.45, 7) is 5.49. The molecule has 11 heteroatoms. The second kappa shape index (κ2) is 9.65. The maximum atomic E-state index is 14.7. The van der Waals surface area contributed by atoms with Gasteiger partial charge < -0.3 is 10.5 Å². The zero-order valence-corrected chi connectivity index (χ0v) is 20.6. The van der Waals surface area contributed by atoms with Gasteiger partial charge in [0.15, 0.2) is 5.82 Å². The van der Waals surface area contributed by atoms with E-state index in [2.05, 4.69) is 20.2 Å². The van der Waals surface area contributed by atoms with Crippen molar-refractivity contribution in [1.82, 2.24) is 20.2 Å². The maximum Gasteiger partial charge on any atom is 0.416 e. The van der Waals surface area contributed by atoms with Crippen LogP contribution in [0.15, 0.2) is 36.7 Å². The zero-order valence-electron chi connectivity index (χ0n) is 19.8. The van der Waals surface area contributed by atoms with Gasteiger partial charge in [-0.2, -0.15) is 0 Å². The van der Waals surface area contributed by atoms with E-state index in [9.17, 15) is 14.0 Å². The Hall–Kier alpha value is -3.47.